The summed E-state index contributed by atoms with van der Waals surface area (Å²) in [7, 11) is 0. The maximum atomic E-state index is 12.3. The van der Waals surface area contributed by atoms with E-state index < -0.39 is 11.3 Å². The van der Waals surface area contributed by atoms with E-state index in [1.807, 2.05) is 26.8 Å². The van der Waals surface area contributed by atoms with Crippen molar-refractivity contribution < 1.29 is 14.3 Å². The number of terminal acetylenes is 1. The summed E-state index contributed by atoms with van der Waals surface area (Å²) in [4.78, 5) is 30.7. The van der Waals surface area contributed by atoms with Gasteiger partial charge < -0.3 is 15.0 Å². The number of amides is 2. The zero-order valence-corrected chi connectivity index (χ0v) is 17.2. The van der Waals surface area contributed by atoms with Gasteiger partial charge in [-0.2, -0.15) is 10.2 Å². The Morgan fingerprint density at radius 1 is 1.34 bits per heavy atom. The zero-order valence-electron chi connectivity index (χ0n) is 17.2. The molecule has 3 heterocycles. The van der Waals surface area contributed by atoms with Crippen molar-refractivity contribution in [1.82, 2.24) is 9.88 Å². The normalized spacial score (nSPS) is 16.6. The van der Waals surface area contributed by atoms with E-state index in [9.17, 15) is 9.59 Å². The number of carbonyl (C=O) groups is 2. The molecule has 0 spiro atoms. The Labute approximate surface area is 171 Å². The van der Waals surface area contributed by atoms with Crippen molar-refractivity contribution in [2.45, 2.75) is 70.7 Å². The van der Waals surface area contributed by atoms with Crippen LogP contribution in [-0.2, 0) is 22.5 Å². The van der Waals surface area contributed by atoms with E-state index in [1.165, 1.54) is 0 Å². The van der Waals surface area contributed by atoms with Crippen molar-refractivity contribution in [2.24, 2.45) is 10.2 Å². The number of pyridine rings is 1. The molecule has 0 saturated carbocycles. The fourth-order valence-corrected chi connectivity index (χ4v) is 3.18. The number of fused-ring (bicyclic) bond motifs is 1. The van der Waals surface area contributed by atoms with Gasteiger partial charge in [0.1, 0.15) is 5.60 Å². The van der Waals surface area contributed by atoms with E-state index in [4.69, 9.17) is 11.2 Å². The molecule has 0 bridgehead atoms. The van der Waals surface area contributed by atoms with Crippen LogP contribution in [0.5, 0.6) is 0 Å². The molecule has 0 atom stereocenters. The SMILES string of the molecule is C#CCCC1(CCC(=O)Nc2cnc3c(c2)CN(C(=O)OC(C)(C)C)CC3)N=N1. The number of ether oxygens (including phenoxy) is 1. The molecule has 154 valence electrons. The minimum Gasteiger partial charge on any atom is -0.444 e. The quantitative estimate of drug-likeness (QED) is 0.741. The van der Waals surface area contributed by atoms with E-state index in [1.54, 1.807) is 11.1 Å². The Morgan fingerprint density at radius 2 is 2.10 bits per heavy atom. The molecule has 2 aliphatic rings. The molecule has 0 radical (unpaired) electrons. The van der Waals surface area contributed by atoms with E-state index in [-0.39, 0.29) is 12.0 Å². The Balaban J connectivity index is 1.55. The van der Waals surface area contributed by atoms with Crippen molar-refractivity contribution in [3.63, 3.8) is 0 Å². The fraction of sp³-hybridized carbons (Fsp3) is 0.571. The number of nitrogens with one attached hydrogen (secondary N) is 1. The number of aromatic nitrogens is 1. The minimum atomic E-state index is -0.539. The highest BCUT2D eigenvalue weighted by atomic mass is 16.6. The number of nitrogens with zero attached hydrogens (tertiary/aromatic N) is 4. The van der Waals surface area contributed by atoms with E-state index in [0.29, 0.717) is 50.9 Å². The van der Waals surface area contributed by atoms with Gasteiger partial charge in [0.15, 0.2) is 5.66 Å². The molecule has 2 amide bonds. The Kier molecular flexibility index (Phi) is 5.87. The molecule has 0 aromatic carbocycles. The molecule has 1 aromatic rings. The summed E-state index contributed by atoms with van der Waals surface area (Å²) in [6.45, 7) is 6.51. The molecular formula is C21H27N5O3. The summed E-state index contributed by atoms with van der Waals surface area (Å²) in [5.41, 5.74) is 1.46. The summed E-state index contributed by atoms with van der Waals surface area (Å²) in [6, 6.07) is 1.87. The molecular weight excluding hydrogens is 370 g/mol. The van der Waals surface area contributed by atoms with Gasteiger partial charge in [-0.15, -0.1) is 12.3 Å². The first kappa shape index (κ1) is 20.8. The van der Waals surface area contributed by atoms with Crippen molar-refractivity contribution in [2.75, 3.05) is 11.9 Å². The second-order valence-electron chi connectivity index (χ2n) is 8.42. The predicted octanol–water partition coefficient (Wildman–Crippen LogP) is 3.67. The Bertz CT molecular complexity index is 860. The molecule has 0 fully saturated rings. The number of rotatable bonds is 6. The highest BCUT2D eigenvalue weighted by Gasteiger charge is 2.39. The third-order valence-corrected chi connectivity index (χ3v) is 4.78. The third kappa shape index (κ3) is 5.76. The number of carbonyl (C=O) groups excluding carboxylic acids is 2. The van der Waals surface area contributed by atoms with Crippen LogP contribution < -0.4 is 5.32 Å². The molecule has 0 aliphatic carbocycles. The van der Waals surface area contributed by atoms with Crippen molar-refractivity contribution in [3.05, 3.63) is 23.5 Å². The Hall–Kier alpha value is -2.95. The van der Waals surface area contributed by atoms with Gasteiger partial charge in [0.25, 0.3) is 0 Å². The first-order valence-corrected chi connectivity index (χ1v) is 9.83. The third-order valence-electron chi connectivity index (χ3n) is 4.78. The predicted molar refractivity (Wildman–Crippen MR) is 108 cm³/mol. The van der Waals surface area contributed by atoms with Crippen LogP contribution in [0.1, 0.15) is 57.7 Å². The van der Waals surface area contributed by atoms with Gasteiger partial charge in [-0.25, -0.2) is 4.79 Å². The summed E-state index contributed by atoms with van der Waals surface area (Å²) in [5.74, 6) is 2.46. The molecule has 0 unspecified atom stereocenters. The van der Waals surface area contributed by atoms with Gasteiger partial charge in [0.2, 0.25) is 5.91 Å². The topological polar surface area (TPSA) is 96.2 Å². The molecule has 1 aromatic heterocycles. The molecule has 3 rings (SSSR count). The van der Waals surface area contributed by atoms with Gasteiger partial charge in [0, 0.05) is 44.3 Å². The van der Waals surface area contributed by atoms with Crippen LogP contribution in [0.2, 0.25) is 0 Å². The molecule has 0 saturated heterocycles. The van der Waals surface area contributed by atoms with E-state index in [0.717, 1.165) is 11.3 Å². The molecule has 8 heteroatoms. The second-order valence-corrected chi connectivity index (χ2v) is 8.42. The lowest BCUT2D eigenvalue weighted by atomic mass is 10.0. The van der Waals surface area contributed by atoms with Crippen molar-refractivity contribution >= 4 is 17.7 Å². The van der Waals surface area contributed by atoms with Gasteiger partial charge in [0.05, 0.1) is 18.4 Å². The highest BCUT2D eigenvalue weighted by molar-refractivity contribution is 5.90. The first-order valence-electron chi connectivity index (χ1n) is 9.83. The molecule has 2 aliphatic heterocycles. The maximum absolute atomic E-state index is 12.3. The monoisotopic (exact) mass is 397 g/mol. The number of hydrogen-bond acceptors (Lipinski definition) is 6. The van der Waals surface area contributed by atoms with Crippen LogP contribution in [-0.4, -0.2) is 39.7 Å². The van der Waals surface area contributed by atoms with Crippen LogP contribution >= 0.6 is 0 Å². The lowest BCUT2D eigenvalue weighted by molar-refractivity contribution is -0.116. The first-order chi connectivity index (χ1) is 13.7. The van der Waals surface area contributed by atoms with Crippen LogP contribution in [0.15, 0.2) is 22.5 Å². The summed E-state index contributed by atoms with van der Waals surface area (Å²) >= 11 is 0. The van der Waals surface area contributed by atoms with Gasteiger partial charge in [-0.1, -0.05) is 0 Å². The van der Waals surface area contributed by atoms with E-state index in [2.05, 4.69) is 26.4 Å². The van der Waals surface area contributed by atoms with Crippen LogP contribution in [0.3, 0.4) is 0 Å². The molecule has 29 heavy (non-hydrogen) atoms. The van der Waals surface area contributed by atoms with Crippen molar-refractivity contribution in [1.29, 1.82) is 0 Å². The largest absolute Gasteiger partial charge is 0.444 e. The number of anilines is 1. The lowest BCUT2D eigenvalue weighted by Crippen LogP contribution is -2.40. The zero-order chi connectivity index (χ0) is 21.1. The summed E-state index contributed by atoms with van der Waals surface area (Å²) in [6.07, 6.45) is 9.38. The molecule has 1 N–H and O–H groups in total. The van der Waals surface area contributed by atoms with Gasteiger partial charge >= 0.3 is 6.09 Å². The average Bonchev–Trinajstić information content (AvgIpc) is 3.43. The van der Waals surface area contributed by atoms with Crippen molar-refractivity contribution in [3.8, 4) is 12.3 Å². The van der Waals surface area contributed by atoms with Crippen LogP contribution in [0, 0.1) is 12.3 Å². The summed E-state index contributed by atoms with van der Waals surface area (Å²) in [5, 5.41) is 11.0. The van der Waals surface area contributed by atoms with Crippen LogP contribution in [0.25, 0.3) is 0 Å². The molecule has 8 nitrogen and oxygen atoms in total. The van der Waals surface area contributed by atoms with Crippen LogP contribution in [0.4, 0.5) is 10.5 Å². The average molecular weight is 397 g/mol. The minimum absolute atomic E-state index is 0.121. The standard InChI is InChI=1S/C21H27N5O3/c1-5-6-9-21(24-25-21)10-7-18(27)23-16-12-15-14-26(11-8-17(15)22-13-16)19(28)29-20(2,3)4/h1,12-13H,6-11,14H2,2-4H3,(H,23,27). The highest BCUT2D eigenvalue weighted by Crippen LogP contribution is 2.37. The maximum Gasteiger partial charge on any atom is 0.410 e. The Morgan fingerprint density at radius 3 is 2.76 bits per heavy atom. The number of hydrogen-bond donors (Lipinski definition) is 1. The smallest absolute Gasteiger partial charge is 0.410 e. The fourth-order valence-electron chi connectivity index (χ4n) is 3.18. The summed E-state index contributed by atoms with van der Waals surface area (Å²) < 4.78 is 5.45. The van der Waals surface area contributed by atoms with Gasteiger partial charge in [-0.3, -0.25) is 9.78 Å². The lowest BCUT2D eigenvalue weighted by Gasteiger charge is -2.31. The van der Waals surface area contributed by atoms with E-state index >= 15 is 0 Å². The second kappa shape index (κ2) is 8.19. The van der Waals surface area contributed by atoms with Gasteiger partial charge in [-0.05, 0) is 32.4 Å².